The molecule has 0 N–H and O–H groups in total. The Balaban J connectivity index is 1.43. The van der Waals surface area contributed by atoms with E-state index in [9.17, 15) is 14.0 Å². The molecule has 1 fully saturated rings. The molecule has 6 nitrogen and oxygen atoms in total. The third-order valence-corrected chi connectivity index (χ3v) is 6.94. The van der Waals surface area contributed by atoms with Gasteiger partial charge in [0.1, 0.15) is 12.1 Å². The van der Waals surface area contributed by atoms with Crippen molar-refractivity contribution in [3.63, 3.8) is 0 Å². The van der Waals surface area contributed by atoms with Crippen LogP contribution in [0, 0.1) is 5.82 Å². The number of thiazole rings is 1. The quantitative estimate of drug-likeness (QED) is 0.424. The maximum absolute atomic E-state index is 13.9. The first-order valence-corrected chi connectivity index (χ1v) is 11.1. The summed E-state index contributed by atoms with van der Waals surface area (Å²) in [5.74, 6) is -0.963. The molecule has 1 saturated heterocycles. The smallest absolute Gasteiger partial charge is 0.328 e. The van der Waals surface area contributed by atoms with Gasteiger partial charge in [0.05, 0.1) is 29.6 Å². The van der Waals surface area contributed by atoms with E-state index in [1.165, 1.54) is 47.2 Å². The van der Waals surface area contributed by atoms with Crippen molar-refractivity contribution in [2.45, 2.75) is 22.9 Å². The lowest BCUT2D eigenvalue weighted by Gasteiger charge is -2.21. The molecule has 1 aromatic heterocycles. The van der Waals surface area contributed by atoms with Crippen LogP contribution >= 0.6 is 23.1 Å². The average Bonchev–Trinajstić information content (AvgIpc) is 3.37. The Kier molecular flexibility index (Phi) is 6.19. The maximum Gasteiger partial charge on any atom is 0.328 e. The number of aromatic nitrogens is 1. The van der Waals surface area contributed by atoms with Gasteiger partial charge in [-0.3, -0.25) is 4.79 Å². The van der Waals surface area contributed by atoms with Crippen LogP contribution in [0.2, 0.25) is 0 Å². The van der Waals surface area contributed by atoms with Gasteiger partial charge in [0.25, 0.3) is 0 Å². The van der Waals surface area contributed by atoms with Crippen molar-refractivity contribution in [1.82, 2.24) is 9.88 Å². The Morgan fingerprint density at radius 3 is 2.77 bits per heavy atom. The number of likely N-dealkylation sites (tertiary alicyclic amines) is 1. The Hall–Kier alpha value is -2.65. The van der Waals surface area contributed by atoms with Crippen LogP contribution in [0.25, 0.3) is 10.2 Å². The number of para-hydroxylation sites is 2. The predicted octanol–water partition coefficient (Wildman–Crippen LogP) is 3.75. The highest BCUT2D eigenvalue weighted by molar-refractivity contribution is 8.01. The molecule has 2 heterocycles. The predicted molar refractivity (Wildman–Crippen MR) is 113 cm³/mol. The number of ether oxygens (including phenoxy) is 2. The van der Waals surface area contributed by atoms with E-state index in [2.05, 4.69) is 4.98 Å². The molecule has 9 heteroatoms. The van der Waals surface area contributed by atoms with E-state index in [1.807, 2.05) is 24.3 Å². The van der Waals surface area contributed by atoms with Gasteiger partial charge in [0, 0.05) is 6.42 Å². The zero-order valence-corrected chi connectivity index (χ0v) is 17.7. The number of fused-ring (bicyclic) bond motifs is 1. The van der Waals surface area contributed by atoms with Crippen molar-refractivity contribution in [2.75, 3.05) is 19.4 Å². The number of carbonyl (C=O) groups excluding carboxylic acids is 2. The van der Waals surface area contributed by atoms with Gasteiger partial charge in [-0.15, -0.1) is 11.3 Å². The number of hydrogen-bond donors (Lipinski definition) is 0. The van der Waals surface area contributed by atoms with Crippen molar-refractivity contribution in [1.29, 1.82) is 0 Å². The Morgan fingerprint density at radius 2 is 2.00 bits per heavy atom. The summed E-state index contributed by atoms with van der Waals surface area (Å²) in [4.78, 5) is 31.1. The van der Waals surface area contributed by atoms with E-state index < -0.39 is 23.9 Å². The standard InChI is InChI=1S/C21H19FN2O4S2/c1-27-20(26)16-10-13(28-17-8-4-2-6-14(17)22)11-24(16)19(25)12-29-21-23-15-7-3-5-9-18(15)30-21/h2-9,13,16H,10-12H2,1H3/t13-,16-/m1/s1. The monoisotopic (exact) mass is 446 g/mol. The molecule has 156 valence electrons. The minimum Gasteiger partial charge on any atom is -0.485 e. The summed E-state index contributed by atoms with van der Waals surface area (Å²) in [5, 5.41) is 0. The van der Waals surface area contributed by atoms with Gasteiger partial charge in [-0.05, 0) is 24.3 Å². The van der Waals surface area contributed by atoms with Crippen molar-refractivity contribution in [3.05, 3.63) is 54.3 Å². The Morgan fingerprint density at radius 1 is 1.23 bits per heavy atom. The van der Waals surface area contributed by atoms with Crippen LogP contribution < -0.4 is 4.74 Å². The number of amides is 1. The van der Waals surface area contributed by atoms with Crippen molar-refractivity contribution >= 4 is 45.2 Å². The van der Waals surface area contributed by atoms with E-state index in [0.717, 1.165) is 14.6 Å². The van der Waals surface area contributed by atoms with Crippen LogP contribution in [0.1, 0.15) is 6.42 Å². The number of methoxy groups -OCH3 is 1. The lowest BCUT2D eigenvalue weighted by atomic mass is 10.2. The molecule has 2 aromatic carbocycles. The molecule has 2 atom stereocenters. The molecule has 0 saturated carbocycles. The summed E-state index contributed by atoms with van der Waals surface area (Å²) < 4.78 is 26.3. The van der Waals surface area contributed by atoms with Crippen LogP contribution in [0.5, 0.6) is 5.75 Å². The molecule has 0 aliphatic carbocycles. The largest absolute Gasteiger partial charge is 0.485 e. The molecular formula is C21H19FN2O4S2. The second kappa shape index (κ2) is 9.01. The zero-order chi connectivity index (χ0) is 21.1. The second-order valence-electron chi connectivity index (χ2n) is 6.73. The first kappa shape index (κ1) is 20.6. The number of hydrogen-bond acceptors (Lipinski definition) is 7. The first-order chi connectivity index (χ1) is 14.5. The van der Waals surface area contributed by atoms with Gasteiger partial charge in [-0.25, -0.2) is 14.2 Å². The fraction of sp³-hybridized carbons (Fsp3) is 0.286. The number of rotatable bonds is 6. The molecule has 0 radical (unpaired) electrons. The SMILES string of the molecule is COC(=O)[C@H]1C[C@@H](Oc2ccccc2F)CN1C(=O)CSc1nc2ccccc2s1. The molecule has 1 aliphatic heterocycles. The molecule has 0 spiro atoms. The molecule has 1 aliphatic rings. The molecule has 1 amide bonds. The highest BCUT2D eigenvalue weighted by Crippen LogP contribution is 2.31. The summed E-state index contributed by atoms with van der Waals surface area (Å²) in [7, 11) is 1.28. The normalized spacial score (nSPS) is 18.5. The first-order valence-electron chi connectivity index (χ1n) is 9.32. The van der Waals surface area contributed by atoms with Crippen LogP contribution in [0.4, 0.5) is 4.39 Å². The van der Waals surface area contributed by atoms with E-state index in [1.54, 1.807) is 12.1 Å². The summed E-state index contributed by atoms with van der Waals surface area (Å²) in [6, 6.07) is 13.1. The average molecular weight is 447 g/mol. The van der Waals surface area contributed by atoms with Crippen LogP contribution in [-0.4, -0.2) is 53.3 Å². The van der Waals surface area contributed by atoms with Crippen LogP contribution in [-0.2, 0) is 14.3 Å². The van der Waals surface area contributed by atoms with Crippen molar-refractivity contribution in [2.24, 2.45) is 0 Å². The lowest BCUT2D eigenvalue weighted by molar-refractivity contribution is -0.150. The summed E-state index contributed by atoms with van der Waals surface area (Å²) in [5.41, 5.74) is 0.893. The minimum absolute atomic E-state index is 0.101. The third kappa shape index (κ3) is 4.41. The van der Waals surface area contributed by atoms with E-state index in [4.69, 9.17) is 9.47 Å². The Bertz CT molecular complexity index is 1040. The molecule has 4 rings (SSSR count). The summed E-state index contributed by atoms with van der Waals surface area (Å²) >= 11 is 2.85. The molecule has 3 aromatic rings. The van der Waals surface area contributed by atoms with Crippen LogP contribution in [0.3, 0.4) is 0 Å². The molecular weight excluding hydrogens is 427 g/mol. The number of halogens is 1. The second-order valence-corrected chi connectivity index (χ2v) is 8.98. The van der Waals surface area contributed by atoms with Gasteiger partial charge in [-0.2, -0.15) is 0 Å². The minimum atomic E-state index is -0.754. The highest BCUT2D eigenvalue weighted by Gasteiger charge is 2.41. The third-order valence-electron chi connectivity index (χ3n) is 4.78. The van der Waals surface area contributed by atoms with E-state index in [-0.39, 0.29) is 30.4 Å². The fourth-order valence-electron chi connectivity index (χ4n) is 3.36. The zero-order valence-electron chi connectivity index (χ0n) is 16.1. The van der Waals surface area contributed by atoms with Gasteiger partial charge in [0.15, 0.2) is 15.9 Å². The summed E-state index contributed by atoms with van der Waals surface area (Å²) in [6.45, 7) is 0.188. The van der Waals surface area contributed by atoms with Crippen molar-refractivity contribution < 1.29 is 23.5 Å². The van der Waals surface area contributed by atoms with Gasteiger partial charge < -0.3 is 14.4 Å². The van der Waals surface area contributed by atoms with Gasteiger partial charge in [0.2, 0.25) is 5.91 Å². The molecule has 0 bridgehead atoms. The molecule has 30 heavy (non-hydrogen) atoms. The highest BCUT2D eigenvalue weighted by atomic mass is 32.2. The summed E-state index contributed by atoms with van der Waals surface area (Å²) in [6.07, 6.45) is -0.249. The lowest BCUT2D eigenvalue weighted by Crippen LogP contribution is -2.42. The number of thioether (sulfide) groups is 1. The van der Waals surface area contributed by atoms with E-state index in [0.29, 0.717) is 0 Å². The number of benzene rings is 2. The topological polar surface area (TPSA) is 68.7 Å². The van der Waals surface area contributed by atoms with Gasteiger partial charge in [-0.1, -0.05) is 36.0 Å². The number of nitrogens with zero attached hydrogens (tertiary/aromatic N) is 2. The van der Waals surface area contributed by atoms with E-state index >= 15 is 0 Å². The maximum atomic E-state index is 13.9. The molecule has 0 unspecified atom stereocenters. The Labute approximate surface area is 181 Å². The number of esters is 1. The number of carbonyl (C=O) groups is 2. The van der Waals surface area contributed by atoms with Crippen molar-refractivity contribution in [3.8, 4) is 5.75 Å². The fourth-order valence-corrected chi connectivity index (χ4v) is 5.31. The van der Waals surface area contributed by atoms with Gasteiger partial charge >= 0.3 is 5.97 Å². The van der Waals surface area contributed by atoms with Crippen LogP contribution in [0.15, 0.2) is 52.9 Å².